The minimum absolute atomic E-state index is 0.0316. The van der Waals surface area contributed by atoms with E-state index in [2.05, 4.69) is 13.8 Å². The predicted octanol–water partition coefficient (Wildman–Crippen LogP) is 5.11. The Labute approximate surface area is 113 Å². The molecule has 0 N–H and O–H groups in total. The Morgan fingerprint density at radius 1 is 0.833 bits per heavy atom. The maximum atomic E-state index is 11.8. The smallest absolute Gasteiger partial charge is 0.308 e. The highest BCUT2D eigenvalue weighted by Crippen LogP contribution is 2.19. The standard InChI is InChI=1S/C16H32O2/c1-4-7-9-10-12-14-15(13-11-8-5-2)16(17)18-6-3/h15H,4-14H2,1-3H3/t15-/m0/s1. The van der Waals surface area contributed by atoms with E-state index < -0.39 is 0 Å². The van der Waals surface area contributed by atoms with Crippen LogP contribution in [0.25, 0.3) is 0 Å². The molecule has 0 saturated heterocycles. The van der Waals surface area contributed by atoms with Crippen LogP contribution in [-0.2, 0) is 9.53 Å². The van der Waals surface area contributed by atoms with Gasteiger partial charge in [-0.1, -0.05) is 65.2 Å². The lowest BCUT2D eigenvalue weighted by atomic mass is 9.95. The second kappa shape index (κ2) is 12.9. The highest BCUT2D eigenvalue weighted by molar-refractivity contribution is 5.72. The normalized spacial score (nSPS) is 12.4. The lowest BCUT2D eigenvalue weighted by molar-refractivity contribution is -0.148. The van der Waals surface area contributed by atoms with Crippen molar-refractivity contribution < 1.29 is 9.53 Å². The zero-order chi connectivity index (χ0) is 13.6. The summed E-state index contributed by atoms with van der Waals surface area (Å²) in [5.74, 6) is 0.183. The van der Waals surface area contributed by atoms with Gasteiger partial charge in [0.2, 0.25) is 0 Å². The molecule has 1 atom stereocenters. The molecular formula is C16H32O2. The Hall–Kier alpha value is -0.530. The van der Waals surface area contributed by atoms with Gasteiger partial charge in [0.25, 0.3) is 0 Å². The molecule has 0 aromatic carbocycles. The topological polar surface area (TPSA) is 26.3 Å². The first kappa shape index (κ1) is 17.5. The van der Waals surface area contributed by atoms with E-state index in [-0.39, 0.29) is 11.9 Å². The summed E-state index contributed by atoms with van der Waals surface area (Å²) in [6, 6.07) is 0. The van der Waals surface area contributed by atoms with Crippen LogP contribution in [0.2, 0.25) is 0 Å². The van der Waals surface area contributed by atoms with E-state index in [9.17, 15) is 4.79 Å². The van der Waals surface area contributed by atoms with Crippen LogP contribution in [0.1, 0.15) is 85.0 Å². The summed E-state index contributed by atoms with van der Waals surface area (Å²) in [6.07, 6.45) is 12.0. The van der Waals surface area contributed by atoms with Crippen molar-refractivity contribution in [2.24, 2.45) is 5.92 Å². The molecule has 0 radical (unpaired) electrons. The van der Waals surface area contributed by atoms with Gasteiger partial charge in [0.05, 0.1) is 12.5 Å². The number of carbonyl (C=O) groups excluding carboxylic acids is 1. The second-order valence-corrected chi connectivity index (χ2v) is 5.15. The Kier molecular flexibility index (Phi) is 12.5. The average molecular weight is 256 g/mol. The monoisotopic (exact) mass is 256 g/mol. The zero-order valence-electron chi connectivity index (χ0n) is 12.7. The van der Waals surface area contributed by atoms with E-state index in [1.54, 1.807) is 0 Å². The van der Waals surface area contributed by atoms with Crippen molar-refractivity contribution in [2.45, 2.75) is 85.0 Å². The van der Waals surface area contributed by atoms with Crippen LogP contribution in [0.15, 0.2) is 0 Å². The van der Waals surface area contributed by atoms with E-state index >= 15 is 0 Å². The number of unbranched alkanes of at least 4 members (excludes halogenated alkanes) is 6. The minimum Gasteiger partial charge on any atom is -0.466 e. The minimum atomic E-state index is 0.0316. The molecule has 0 heterocycles. The molecule has 2 nitrogen and oxygen atoms in total. The Morgan fingerprint density at radius 3 is 1.89 bits per heavy atom. The molecule has 0 bridgehead atoms. The highest BCUT2D eigenvalue weighted by Gasteiger charge is 2.18. The van der Waals surface area contributed by atoms with Crippen molar-refractivity contribution in [2.75, 3.05) is 6.61 Å². The molecule has 0 saturated carbocycles. The van der Waals surface area contributed by atoms with Crippen molar-refractivity contribution in [3.63, 3.8) is 0 Å². The van der Waals surface area contributed by atoms with Crippen molar-refractivity contribution in [3.05, 3.63) is 0 Å². The number of esters is 1. The number of rotatable bonds is 12. The van der Waals surface area contributed by atoms with Gasteiger partial charge < -0.3 is 4.74 Å². The fourth-order valence-electron chi connectivity index (χ4n) is 2.28. The van der Waals surface area contributed by atoms with Crippen LogP contribution >= 0.6 is 0 Å². The fourth-order valence-corrected chi connectivity index (χ4v) is 2.28. The largest absolute Gasteiger partial charge is 0.466 e. The molecule has 0 spiro atoms. The average Bonchev–Trinajstić information content (AvgIpc) is 2.37. The lowest BCUT2D eigenvalue weighted by Crippen LogP contribution is -2.18. The molecule has 0 rings (SSSR count). The van der Waals surface area contributed by atoms with Crippen molar-refractivity contribution in [1.82, 2.24) is 0 Å². The van der Waals surface area contributed by atoms with Gasteiger partial charge in [0.15, 0.2) is 0 Å². The molecular weight excluding hydrogens is 224 g/mol. The molecule has 0 aromatic heterocycles. The van der Waals surface area contributed by atoms with E-state index in [1.165, 1.54) is 44.9 Å². The van der Waals surface area contributed by atoms with Gasteiger partial charge in [-0.05, 0) is 19.8 Å². The summed E-state index contributed by atoms with van der Waals surface area (Å²) in [4.78, 5) is 11.8. The van der Waals surface area contributed by atoms with Crippen LogP contribution in [-0.4, -0.2) is 12.6 Å². The van der Waals surface area contributed by atoms with Crippen LogP contribution in [0.4, 0.5) is 0 Å². The summed E-state index contributed by atoms with van der Waals surface area (Å²) < 4.78 is 5.17. The number of ether oxygens (including phenoxy) is 1. The molecule has 0 aromatic rings. The van der Waals surface area contributed by atoms with Crippen LogP contribution in [0.3, 0.4) is 0 Å². The Morgan fingerprint density at radius 2 is 1.33 bits per heavy atom. The molecule has 0 unspecified atom stereocenters. The van der Waals surface area contributed by atoms with Crippen LogP contribution < -0.4 is 0 Å². The van der Waals surface area contributed by atoms with Crippen molar-refractivity contribution in [3.8, 4) is 0 Å². The molecule has 0 aliphatic carbocycles. The molecule has 0 aliphatic heterocycles. The molecule has 0 amide bonds. The molecule has 0 aliphatic rings. The van der Waals surface area contributed by atoms with Gasteiger partial charge in [-0.2, -0.15) is 0 Å². The Balaban J connectivity index is 3.84. The Bertz CT molecular complexity index is 190. The SMILES string of the molecule is CCCCCCC[C@H](CCCCC)C(=O)OCC. The second-order valence-electron chi connectivity index (χ2n) is 5.15. The van der Waals surface area contributed by atoms with Gasteiger partial charge in [0.1, 0.15) is 0 Å². The first-order valence-electron chi connectivity index (χ1n) is 7.92. The number of hydrogen-bond donors (Lipinski definition) is 0. The predicted molar refractivity (Wildman–Crippen MR) is 77.6 cm³/mol. The lowest BCUT2D eigenvalue weighted by Gasteiger charge is -2.15. The quantitative estimate of drug-likeness (QED) is 0.358. The summed E-state index contributed by atoms with van der Waals surface area (Å²) in [5.41, 5.74) is 0. The summed E-state index contributed by atoms with van der Waals surface area (Å²) in [5, 5.41) is 0. The molecule has 2 heteroatoms. The van der Waals surface area contributed by atoms with E-state index in [0.717, 1.165) is 19.3 Å². The van der Waals surface area contributed by atoms with Crippen LogP contribution in [0.5, 0.6) is 0 Å². The zero-order valence-corrected chi connectivity index (χ0v) is 12.7. The van der Waals surface area contributed by atoms with Crippen LogP contribution in [0, 0.1) is 5.92 Å². The third kappa shape index (κ3) is 9.49. The highest BCUT2D eigenvalue weighted by atomic mass is 16.5. The maximum Gasteiger partial charge on any atom is 0.308 e. The number of hydrogen-bond acceptors (Lipinski definition) is 2. The van der Waals surface area contributed by atoms with Crippen molar-refractivity contribution >= 4 is 5.97 Å². The van der Waals surface area contributed by atoms with E-state index in [1.807, 2.05) is 6.92 Å². The third-order valence-electron chi connectivity index (χ3n) is 3.43. The number of carbonyl (C=O) groups is 1. The van der Waals surface area contributed by atoms with E-state index in [0.29, 0.717) is 6.61 Å². The fraction of sp³-hybridized carbons (Fsp3) is 0.938. The summed E-state index contributed by atoms with van der Waals surface area (Å²) in [7, 11) is 0. The van der Waals surface area contributed by atoms with Gasteiger partial charge >= 0.3 is 5.97 Å². The first-order valence-corrected chi connectivity index (χ1v) is 7.92. The molecule has 108 valence electrons. The summed E-state index contributed by atoms with van der Waals surface area (Å²) >= 11 is 0. The summed E-state index contributed by atoms with van der Waals surface area (Å²) in [6.45, 7) is 6.83. The molecule has 0 fully saturated rings. The van der Waals surface area contributed by atoms with Crippen molar-refractivity contribution in [1.29, 1.82) is 0 Å². The van der Waals surface area contributed by atoms with Gasteiger partial charge in [-0.3, -0.25) is 4.79 Å². The first-order chi connectivity index (χ1) is 8.76. The van der Waals surface area contributed by atoms with Gasteiger partial charge in [-0.25, -0.2) is 0 Å². The van der Waals surface area contributed by atoms with E-state index in [4.69, 9.17) is 4.74 Å². The van der Waals surface area contributed by atoms with Gasteiger partial charge in [-0.15, -0.1) is 0 Å². The van der Waals surface area contributed by atoms with Gasteiger partial charge in [0, 0.05) is 0 Å². The third-order valence-corrected chi connectivity index (χ3v) is 3.43. The maximum absolute atomic E-state index is 11.8. The molecule has 18 heavy (non-hydrogen) atoms.